The molecule has 0 unspecified atom stereocenters. The van der Waals surface area contributed by atoms with Gasteiger partial charge in [0.2, 0.25) is 0 Å². The van der Waals surface area contributed by atoms with Gasteiger partial charge in [0.1, 0.15) is 5.82 Å². The van der Waals surface area contributed by atoms with Crippen LogP contribution in [0.4, 0.5) is 4.39 Å². The Labute approximate surface area is 112 Å². The minimum Gasteiger partial charge on any atom is -0.284 e. The summed E-state index contributed by atoms with van der Waals surface area (Å²) in [5, 5.41) is 0. The van der Waals surface area contributed by atoms with E-state index < -0.39 is 0 Å². The zero-order valence-corrected chi connectivity index (χ0v) is 11.5. The Morgan fingerprint density at radius 3 is 2.37 bits per heavy atom. The largest absolute Gasteiger partial charge is 0.284 e. The molecule has 0 spiro atoms. The third-order valence-electron chi connectivity index (χ3n) is 3.24. The Balaban J connectivity index is 2.65. The molecule has 100 valence electrons. The van der Waals surface area contributed by atoms with Crippen LogP contribution >= 0.6 is 0 Å². The summed E-state index contributed by atoms with van der Waals surface area (Å²) in [4.78, 5) is 12.4. The average Bonchev–Trinajstić information content (AvgIpc) is 2.40. The van der Waals surface area contributed by atoms with Gasteiger partial charge >= 0.3 is 0 Å². The van der Waals surface area contributed by atoms with Crippen LogP contribution in [0.1, 0.15) is 37.8 Å². The molecule has 1 aromatic carbocycles. The number of hydrogen-bond acceptors (Lipinski definition) is 1. The lowest BCUT2D eigenvalue weighted by atomic mass is 10.0. The van der Waals surface area contributed by atoms with Crippen LogP contribution in [0.25, 0.3) is 5.69 Å². The van der Waals surface area contributed by atoms with E-state index in [2.05, 4.69) is 6.92 Å². The van der Waals surface area contributed by atoms with Gasteiger partial charge in [-0.05, 0) is 48.2 Å². The number of benzene rings is 1. The molecule has 0 radical (unpaired) electrons. The third-order valence-corrected chi connectivity index (χ3v) is 3.24. The summed E-state index contributed by atoms with van der Waals surface area (Å²) >= 11 is 0. The summed E-state index contributed by atoms with van der Waals surface area (Å²) < 4.78 is 14.6. The van der Waals surface area contributed by atoms with Gasteiger partial charge in [0.05, 0.1) is 0 Å². The molecule has 0 atom stereocenters. The molecule has 0 saturated carbocycles. The van der Waals surface area contributed by atoms with Crippen LogP contribution in [0.5, 0.6) is 0 Å². The number of aryl methyl sites for hydroxylation is 1. The highest BCUT2D eigenvalue weighted by atomic mass is 19.1. The number of rotatable bonds is 3. The summed E-state index contributed by atoms with van der Waals surface area (Å²) in [7, 11) is 0. The SMILES string of the molecule is CCc1cc(C(C)C)c(=O)n(-c2ccc(F)cc2)c1. The quantitative estimate of drug-likeness (QED) is 0.824. The second kappa shape index (κ2) is 5.39. The Bertz CT molecular complexity index is 626. The maximum Gasteiger partial charge on any atom is 0.258 e. The number of halogens is 1. The van der Waals surface area contributed by atoms with Crippen LogP contribution in [0.15, 0.2) is 41.3 Å². The van der Waals surface area contributed by atoms with Gasteiger partial charge in [-0.1, -0.05) is 20.8 Å². The minimum absolute atomic E-state index is 0.0289. The van der Waals surface area contributed by atoms with E-state index in [4.69, 9.17) is 0 Å². The van der Waals surface area contributed by atoms with Crippen LogP contribution in [0, 0.1) is 5.82 Å². The Morgan fingerprint density at radius 2 is 1.84 bits per heavy atom. The first-order valence-electron chi connectivity index (χ1n) is 6.54. The summed E-state index contributed by atoms with van der Waals surface area (Å²) in [5.74, 6) is -0.127. The molecular formula is C16H18FNO. The summed E-state index contributed by atoms with van der Waals surface area (Å²) in [6.07, 6.45) is 2.70. The smallest absolute Gasteiger partial charge is 0.258 e. The van der Waals surface area contributed by atoms with Crippen LogP contribution in [0.3, 0.4) is 0 Å². The molecule has 2 aromatic rings. The monoisotopic (exact) mass is 259 g/mol. The highest BCUT2D eigenvalue weighted by Crippen LogP contribution is 2.15. The molecule has 0 aliphatic heterocycles. The first-order valence-corrected chi connectivity index (χ1v) is 6.54. The second-order valence-electron chi connectivity index (χ2n) is 4.96. The standard InChI is InChI=1S/C16H18FNO/c1-4-12-9-15(11(2)3)16(19)18(10-12)14-7-5-13(17)6-8-14/h5-11H,4H2,1-3H3. The van der Waals surface area contributed by atoms with E-state index in [0.717, 1.165) is 17.5 Å². The molecule has 1 aromatic heterocycles. The van der Waals surface area contributed by atoms with Crippen LogP contribution < -0.4 is 5.56 Å². The molecule has 0 fully saturated rings. The third kappa shape index (κ3) is 2.75. The second-order valence-corrected chi connectivity index (χ2v) is 4.96. The van der Waals surface area contributed by atoms with Gasteiger partial charge in [-0.25, -0.2) is 4.39 Å². The van der Waals surface area contributed by atoms with E-state index in [1.165, 1.54) is 12.1 Å². The van der Waals surface area contributed by atoms with Gasteiger partial charge in [-0.15, -0.1) is 0 Å². The topological polar surface area (TPSA) is 22.0 Å². The zero-order chi connectivity index (χ0) is 14.0. The van der Waals surface area contributed by atoms with Crippen molar-refractivity contribution in [3.05, 3.63) is 63.8 Å². The van der Waals surface area contributed by atoms with Crippen molar-refractivity contribution in [1.82, 2.24) is 4.57 Å². The van der Waals surface area contributed by atoms with Crippen LogP contribution in [0.2, 0.25) is 0 Å². The number of pyridine rings is 1. The predicted octanol–water partition coefficient (Wildman–Crippen LogP) is 3.66. The summed E-state index contributed by atoms with van der Waals surface area (Å²) in [6.45, 7) is 6.06. The van der Waals surface area contributed by atoms with E-state index >= 15 is 0 Å². The van der Waals surface area contributed by atoms with E-state index in [1.807, 2.05) is 26.1 Å². The number of hydrogen-bond donors (Lipinski definition) is 0. The fourth-order valence-electron chi connectivity index (χ4n) is 2.06. The van der Waals surface area contributed by atoms with Gasteiger partial charge in [0.15, 0.2) is 0 Å². The van der Waals surface area contributed by atoms with E-state index in [1.54, 1.807) is 16.7 Å². The summed E-state index contributed by atoms with van der Waals surface area (Å²) in [5.41, 5.74) is 2.57. The normalized spacial score (nSPS) is 11.0. The molecule has 1 heterocycles. The van der Waals surface area contributed by atoms with Crippen molar-refractivity contribution in [1.29, 1.82) is 0 Å². The molecule has 2 rings (SSSR count). The number of aromatic nitrogens is 1. The van der Waals surface area contributed by atoms with Gasteiger partial charge in [-0.3, -0.25) is 9.36 Å². The number of nitrogens with zero attached hydrogens (tertiary/aromatic N) is 1. The van der Waals surface area contributed by atoms with Gasteiger partial charge in [0.25, 0.3) is 5.56 Å². The molecule has 3 heteroatoms. The molecule has 0 bridgehead atoms. The highest BCUT2D eigenvalue weighted by molar-refractivity contribution is 5.35. The van der Waals surface area contributed by atoms with Crippen LogP contribution in [-0.2, 0) is 6.42 Å². The van der Waals surface area contributed by atoms with Crippen molar-refractivity contribution in [2.75, 3.05) is 0 Å². The van der Waals surface area contributed by atoms with Crippen molar-refractivity contribution < 1.29 is 4.39 Å². The Hall–Kier alpha value is -1.90. The van der Waals surface area contributed by atoms with Crippen molar-refractivity contribution in [2.45, 2.75) is 33.1 Å². The fourth-order valence-corrected chi connectivity index (χ4v) is 2.06. The first-order chi connectivity index (χ1) is 9.02. The molecule has 2 nitrogen and oxygen atoms in total. The van der Waals surface area contributed by atoms with E-state index in [-0.39, 0.29) is 17.3 Å². The van der Waals surface area contributed by atoms with Crippen molar-refractivity contribution in [3.8, 4) is 5.69 Å². The molecule has 0 N–H and O–H groups in total. The van der Waals surface area contributed by atoms with E-state index in [0.29, 0.717) is 5.69 Å². The van der Waals surface area contributed by atoms with Gasteiger partial charge < -0.3 is 0 Å². The lowest BCUT2D eigenvalue weighted by Gasteiger charge is -2.13. The van der Waals surface area contributed by atoms with Crippen molar-refractivity contribution in [3.63, 3.8) is 0 Å². The van der Waals surface area contributed by atoms with Gasteiger partial charge in [0, 0.05) is 17.4 Å². The maximum absolute atomic E-state index is 13.0. The Morgan fingerprint density at radius 1 is 1.21 bits per heavy atom. The van der Waals surface area contributed by atoms with Crippen molar-refractivity contribution >= 4 is 0 Å². The van der Waals surface area contributed by atoms with E-state index in [9.17, 15) is 9.18 Å². The molecular weight excluding hydrogens is 241 g/mol. The lowest BCUT2D eigenvalue weighted by Crippen LogP contribution is -2.23. The molecule has 0 saturated heterocycles. The zero-order valence-electron chi connectivity index (χ0n) is 11.5. The predicted molar refractivity (Wildman–Crippen MR) is 75.5 cm³/mol. The fraction of sp³-hybridized carbons (Fsp3) is 0.312. The first kappa shape index (κ1) is 13.5. The highest BCUT2D eigenvalue weighted by Gasteiger charge is 2.10. The average molecular weight is 259 g/mol. The Kier molecular flexibility index (Phi) is 3.84. The van der Waals surface area contributed by atoms with Crippen molar-refractivity contribution in [2.24, 2.45) is 0 Å². The summed E-state index contributed by atoms with van der Waals surface area (Å²) in [6, 6.07) is 7.96. The molecule has 0 amide bonds. The minimum atomic E-state index is -0.299. The molecule has 0 aliphatic rings. The molecule has 0 aliphatic carbocycles. The molecule has 19 heavy (non-hydrogen) atoms. The lowest BCUT2D eigenvalue weighted by molar-refractivity contribution is 0.627. The van der Waals surface area contributed by atoms with Crippen LogP contribution in [-0.4, -0.2) is 4.57 Å². The maximum atomic E-state index is 13.0. The van der Waals surface area contributed by atoms with Gasteiger partial charge in [-0.2, -0.15) is 0 Å².